The van der Waals surface area contributed by atoms with Gasteiger partial charge in [0.2, 0.25) is 0 Å². The number of hydrogen-bond donors (Lipinski definition) is 1. The number of aromatic nitrogens is 5. The summed E-state index contributed by atoms with van der Waals surface area (Å²) < 4.78 is 9.55. The molecule has 6 rings (SSSR count). The summed E-state index contributed by atoms with van der Waals surface area (Å²) in [4.78, 5) is 35.4. The van der Waals surface area contributed by atoms with E-state index in [1.54, 1.807) is 66.7 Å². The second-order valence-corrected chi connectivity index (χ2v) is 13.7. The van der Waals surface area contributed by atoms with Crippen LogP contribution in [-0.4, -0.2) is 46.1 Å². The lowest BCUT2D eigenvalue weighted by molar-refractivity contribution is -0.102. The van der Waals surface area contributed by atoms with E-state index in [1.165, 1.54) is 15.5 Å². The predicted molar refractivity (Wildman–Crippen MR) is 184 cm³/mol. The highest BCUT2D eigenvalue weighted by atomic mass is 35.5. The summed E-state index contributed by atoms with van der Waals surface area (Å²) in [6.45, 7) is 12.4. The minimum absolute atomic E-state index is 0.0156. The lowest BCUT2D eigenvalue weighted by atomic mass is 10.1. The van der Waals surface area contributed by atoms with E-state index in [4.69, 9.17) is 39.5 Å². The molecule has 0 aliphatic carbocycles. The van der Waals surface area contributed by atoms with Gasteiger partial charge in [0, 0.05) is 21.0 Å². The molecule has 0 aliphatic rings. The van der Waals surface area contributed by atoms with Gasteiger partial charge in [0.1, 0.15) is 12.1 Å². The van der Waals surface area contributed by atoms with Gasteiger partial charge >= 0.3 is 6.09 Å². The molecule has 0 amide bonds. The van der Waals surface area contributed by atoms with E-state index in [9.17, 15) is 14.7 Å². The third-order valence-electron chi connectivity index (χ3n) is 6.58. The van der Waals surface area contributed by atoms with Crippen molar-refractivity contribution < 1.29 is 14.6 Å². The summed E-state index contributed by atoms with van der Waals surface area (Å²) in [5, 5.41) is 11.9. The quantitative estimate of drug-likeness (QED) is 0.200. The summed E-state index contributed by atoms with van der Waals surface area (Å²) >= 11 is 18.7. The summed E-state index contributed by atoms with van der Waals surface area (Å²) in [5.41, 5.74) is 1.13. The number of benzene rings is 3. The largest absolute Gasteiger partial charge is 0.464 e. The Labute approximate surface area is 280 Å². The Morgan fingerprint density at radius 3 is 2.07 bits per heavy atom. The molecule has 9 nitrogen and oxygen atoms in total. The maximum atomic E-state index is 14.1. The summed E-state index contributed by atoms with van der Waals surface area (Å²) in [5.74, 6) is 0.473. The molecule has 3 heterocycles. The number of imidazole rings is 1. The molecule has 3 aromatic heterocycles. The fourth-order valence-electron chi connectivity index (χ4n) is 5.26. The Kier molecular flexibility index (Phi) is 9.07. The molecule has 0 saturated carbocycles. The molecule has 0 saturated heterocycles. The molecular weight excluding hydrogens is 649 g/mol. The van der Waals surface area contributed by atoms with Crippen LogP contribution < -0.4 is 5.56 Å². The van der Waals surface area contributed by atoms with E-state index in [0.717, 1.165) is 4.57 Å². The number of fused-ring (bicyclic) bond motifs is 2. The third kappa shape index (κ3) is 6.98. The van der Waals surface area contributed by atoms with E-state index >= 15 is 0 Å². The maximum absolute atomic E-state index is 14.1. The fourth-order valence-corrected chi connectivity index (χ4v) is 5.88. The van der Waals surface area contributed by atoms with Crippen LogP contribution in [0.2, 0.25) is 15.1 Å². The second kappa shape index (κ2) is 12.6. The summed E-state index contributed by atoms with van der Waals surface area (Å²) in [7, 11) is 0. The van der Waals surface area contributed by atoms with Crippen LogP contribution in [0.25, 0.3) is 45.0 Å². The molecule has 6 aromatic rings. The van der Waals surface area contributed by atoms with Gasteiger partial charge in [0.25, 0.3) is 5.56 Å². The van der Waals surface area contributed by atoms with Crippen LogP contribution in [0.3, 0.4) is 0 Å². The van der Waals surface area contributed by atoms with Gasteiger partial charge in [-0.2, -0.15) is 0 Å². The van der Waals surface area contributed by atoms with Crippen molar-refractivity contribution in [2.24, 2.45) is 0 Å². The van der Waals surface area contributed by atoms with Crippen molar-refractivity contribution >= 4 is 63.0 Å². The van der Waals surface area contributed by atoms with Crippen LogP contribution in [0.15, 0.2) is 83.9 Å². The van der Waals surface area contributed by atoms with Gasteiger partial charge in [0.15, 0.2) is 17.0 Å². The number of rotatable bonds is 3. The standard InChI is InChI=1S/C26H14Cl3N5O3.C8H18O/c27-15-5-8-17(9-6-15)33-24(18-10-7-16(28)12-19(18)29)31-23-22(25(33)35)32(13-30-23)21-11-14-3-1-2-4-20(14)34(21)26(36)37;1-7(2,3)9-8(4,5)6/h1-13H,(H,36,37);1-6H3. The number of carbonyl (C=O) groups is 1. The maximum Gasteiger partial charge on any atom is 0.417 e. The first-order chi connectivity index (χ1) is 21.5. The van der Waals surface area contributed by atoms with Crippen molar-refractivity contribution in [2.75, 3.05) is 0 Å². The van der Waals surface area contributed by atoms with Crippen LogP contribution in [0, 0.1) is 0 Å². The van der Waals surface area contributed by atoms with Crippen LogP contribution in [0.4, 0.5) is 4.79 Å². The average Bonchev–Trinajstić information content (AvgIpc) is 3.54. The highest BCUT2D eigenvalue weighted by molar-refractivity contribution is 6.36. The summed E-state index contributed by atoms with van der Waals surface area (Å²) in [6, 6.07) is 20.3. The zero-order valence-electron chi connectivity index (χ0n) is 26.0. The number of carboxylic acid groups (broad SMARTS) is 1. The fraction of sp³-hybridized carbons (Fsp3) is 0.235. The molecule has 46 heavy (non-hydrogen) atoms. The lowest BCUT2D eigenvalue weighted by Gasteiger charge is -2.30. The molecule has 3 aromatic carbocycles. The van der Waals surface area contributed by atoms with Crippen LogP contribution >= 0.6 is 34.8 Å². The minimum Gasteiger partial charge on any atom is -0.464 e. The van der Waals surface area contributed by atoms with Gasteiger partial charge in [-0.25, -0.2) is 19.3 Å². The van der Waals surface area contributed by atoms with Crippen LogP contribution in [-0.2, 0) is 4.74 Å². The SMILES string of the molecule is CC(C)(C)OC(C)(C)C.O=C(O)n1c(-n2cnc3nc(-c4ccc(Cl)cc4Cl)n(-c4ccc(Cl)cc4)c(=O)c32)cc2ccccc21. The van der Waals surface area contributed by atoms with Crippen LogP contribution in [0.5, 0.6) is 0 Å². The van der Waals surface area contributed by atoms with Gasteiger partial charge in [-0.15, -0.1) is 0 Å². The Morgan fingerprint density at radius 2 is 1.48 bits per heavy atom. The molecule has 1 N–H and O–H groups in total. The third-order valence-corrected chi connectivity index (χ3v) is 7.38. The average molecular weight is 681 g/mol. The van der Waals surface area contributed by atoms with E-state index in [-0.39, 0.29) is 34.0 Å². The van der Waals surface area contributed by atoms with Gasteiger partial charge in [-0.1, -0.05) is 53.0 Å². The molecule has 12 heteroatoms. The smallest absolute Gasteiger partial charge is 0.417 e. The molecule has 238 valence electrons. The van der Waals surface area contributed by atoms with Crippen molar-refractivity contribution in [3.05, 3.63) is 105 Å². The van der Waals surface area contributed by atoms with Crippen molar-refractivity contribution in [3.8, 4) is 22.9 Å². The minimum atomic E-state index is -1.20. The molecule has 0 bridgehead atoms. The monoisotopic (exact) mass is 679 g/mol. The summed E-state index contributed by atoms with van der Waals surface area (Å²) in [6.07, 6.45) is 0.181. The van der Waals surface area contributed by atoms with Gasteiger partial charge in [0.05, 0.1) is 27.4 Å². The Hall–Kier alpha value is -4.15. The molecule has 0 spiro atoms. The Balaban J connectivity index is 0.000000407. The molecule has 0 unspecified atom stereocenters. The number of hydrogen-bond acceptors (Lipinski definition) is 5. The highest BCUT2D eigenvalue weighted by Gasteiger charge is 2.24. The normalized spacial score (nSPS) is 11.9. The molecule has 0 radical (unpaired) electrons. The van der Waals surface area contributed by atoms with Gasteiger partial charge in [-0.05, 0) is 96.1 Å². The van der Waals surface area contributed by atoms with Crippen molar-refractivity contribution in [1.29, 1.82) is 0 Å². The van der Waals surface area contributed by atoms with Crippen LogP contribution in [0.1, 0.15) is 41.5 Å². The zero-order chi connectivity index (χ0) is 33.6. The Morgan fingerprint density at radius 1 is 0.848 bits per heavy atom. The number of ether oxygens (including phenoxy) is 1. The van der Waals surface area contributed by atoms with Gasteiger partial charge < -0.3 is 9.84 Å². The second-order valence-electron chi connectivity index (χ2n) is 12.5. The number of para-hydroxylation sites is 1. The molecular formula is C34H32Cl3N5O4. The van der Waals surface area contributed by atoms with E-state index in [2.05, 4.69) is 51.5 Å². The van der Waals surface area contributed by atoms with Gasteiger partial charge in [-0.3, -0.25) is 13.9 Å². The Bertz CT molecular complexity index is 2120. The van der Waals surface area contributed by atoms with Crippen molar-refractivity contribution in [3.63, 3.8) is 0 Å². The first-order valence-corrected chi connectivity index (χ1v) is 15.4. The first-order valence-electron chi connectivity index (χ1n) is 14.3. The first kappa shape index (κ1) is 33.2. The molecule has 0 atom stereocenters. The van der Waals surface area contributed by atoms with E-state index in [0.29, 0.717) is 37.2 Å². The molecule has 0 aliphatic heterocycles. The topological polar surface area (TPSA) is 104 Å². The number of halogens is 3. The van der Waals surface area contributed by atoms with Crippen molar-refractivity contribution in [2.45, 2.75) is 52.7 Å². The zero-order valence-corrected chi connectivity index (χ0v) is 28.3. The predicted octanol–water partition coefficient (Wildman–Crippen LogP) is 9.28. The van der Waals surface area contributed by atoms with E-state index in [1.807, 2.05) is 6.07 Å². The van der Waals surface area contributed by atoms with Crippen molar-refractivity contribution in [1.82, 2.24) is 23.7 Å². The number of nitrogens with zero attached hydrogens (tertiary/aromatic N) is 5. The molecule has 0 fully saturated rings. The lowest BCUT2D eigenvalue weighted by Crippen LogP contribution is -2.31. The van der Waals surface area contributed by atoms with E-state index < -0.39 is 11.7 Å². The highest BCUT2D eigenvalue weighted by Crippen LogP contribution is 2.32.